The highest BCUT2D eigenvalue weighted by atomic mass is 35.5. The number of hydrogen-bond acceptors (Lipinski definition) is 2. The van der Waals surface area contributed by atoms with Gasteiger partial charge in [0.25, 0.3) is 5.91 Å². The van der Waals surface area contributed by atoms with Crippen molar-refractivity contribution in [2.75, 3.05) is 6.54 Å². The Morgan fingerprint density at radius 3 is 2.72 bits per heavy atom. The molecule has 98 valence electrons. The van der Waals surface area contributed by atoms with Gasteiger partial charge in [0.05, 0.1) is 15.6 Å². The Bertz CT molecular complexity index is 452. The van der Waals surface area contributed by atoms with E-state index in [-0.39, 0.29) is 5.91 Å². The van der Waals surface area contributed by atoms with Crippen molar-refractivity contribution in [3.8, 4) is 0 Å². The van der Waals surface area contributed by atoms with E-state index >= 15 is 0 Å². The van der Waals surface area contributed by atoms with Gasteiger partial charge < -0.3 is 11.1 Å². The third-order valence-corrected chi connectivity index (χ3v) is 3.08. The highest BCUT2D eigenvalue weighted by Crippen LogP contribution is 2.20. The zero-order chi connectivity index (χ0) is 13.5. The molecule has 1 amide bonds. The molecule has 0 fully saturated rings. The molecule has 3 N–H and O–H groups in total. The fourth-order valence-corrected chi connectivity index (χ4v) is 1.91. The molecule has 0 bridgehead atoms. The average Bonchev–Trinajstić information content (AvgIpc) is 2.31. The molecule has 0 spiro atoms. The topological polar surface area (TPSA) is 55.1 Å². The summed E-state index contributed by atoms with van der Waals surface area (Å²) in [6, 6.07) is 4.79. The molecule has 6 heteroatoms. The maximum absolute atomic E-state index is 11.8. The molecule has 18 heavy (non-hydrogen) atoms. The van der Waals surface area contributed by atoms with Gasteiger partial charge in [-0.2, -0.15) is 0 Å². The zero-order valence-electron chi connectivity index (χ0n) is 9.71. The lowest BCUT2D eigenvalue weighted by Crippen LogP contribution is -2.25. The van der Waals surface area contributed by atoms with Gasteiger partial charge in [-0.3, -0.25) is 4.79 Å². The van der Waals surface area contributed by atoms with E-state index in [0.717, 1.165) is 12.8 Å². The van der Waals surface area contributed by atoms with Crippen molar-refractivity contribution < 1.29 is 4.79 Å². The smallest absolute Gasteiger partial charge is 0.252 e. The van der Waals surface area contributed by atoms with Gasteiger partial charge in [-0.25, -0.2) is 0 Å². The van der Waals surface area contributed by atoms with Crippen LogP contribution in [0, 0.1) is 0 Å². The Labute approximate surface area is 122 Å². The van der Waals surface area contributed by atoms with E-state index in [1.54, 1.807) is 18.2 Å². The maximum atomic E-state index is 11.8. The van der Waals surface area contributed by atoms with Crippen LogP contribution in [0.4, 0.5) is 0 Å². The van der Waals surface area contributed by atoms with E-state index in [9.17, 15) is 4.79 Å². The Balaban J connectivity index is 2.41. The molecule has 0 unspecified atom stereocenters. The number of carbonyl (C=O) groups excluding carboxylic acids is 1. The average molecular weight is 305 g/mol. The van der Waals surface area contributed by atoms with Gasteiger partial charge in [0.2, 0.25) is 0 Å². The number of hydrogen-bond donors (Lipinski definition) is 2. The molecule has 0 aliphatic heterocycles. The summed E-state index contributed by atoms with van der Waals surface area (Å²) in [5.74, 6) is -0.224. The van der Waals surface area contributed by atoms with Gasteiger partial charge >= 0.3 is 0 Å². The molecule has 0 aromatic heterocycles. The summed E-state index contributed by atoms with van der Waals surface area (Å²) in [6.07, 6.45) is 2.38. The molecule has 0 atom stereocenters. The van der Waals surface area contributed by atoms with Gasteiger partial charge in [0, 0.05) is 11.6 Å². The number of benzene rings is 1. The van der Waals surface area contributed by atoms with Crippen LogP contribution in [0.15, 0.2) is 18.2 Å². The van der Waals surface area contributed by atoms with Gasteiger partial charge in [0.1, 0.15) is 0 Å². The van der Waals surface area contributed by atoms with Crippen LogP contribution in [0.2, 0.25) is 10.0 Å². The van der Waals surface area contributed by atoms with E-state index < -0.39 is 0 Å². The number of amides is 1. The van der Waals surface area contributed by atoms with Crippen molar-refractivity contribution in [2.24, 2.45) is 5.73 Å². The van der Waals surface area contributed by atoms with Crippen molar-refractivity contribution >= 4 is 46.3 Å². The molecule has 1 aromatic carbocycles. The van der Waals surface area contributed by atoms with Crippen molar-refractivity contribution in [1.82, 2.24) is 5.32 Å². The lowest BCUT2D eigenvalue weighted by molar-refractivity contribution is 0.0953. The fraction of sp³-hybridized carbons (Fsp3) is 0.333. The van der Waals surface area contributed by atoms with Crippen LogP contribution in [-0.2, 0) is 0 Å². The third kappa shape index (κ3) is 5.21. The zero-order valence-corrected chi connectivity index (χ0v) is 12.0. The molecule has 0 saturated carbocycles. The predicted octanol–water partition coefficient (Wildman–Crippen LogP) is 3.18. The molecule has 1 aromatic rings. The van der Waals surface area contributed by atoms with Gasteiger partial charge in [-0.05, 0) is 37.5 Å². The predicted molar refractivity (Wildman–Crippen MR) is 79.4 cm³/mol. The monoisotopic (exact) mass is 304 g/mol. The second kappa shape index (κ2) is 7.56. The summed E-state index contributed by atoms with van der Waals surface area (Å²) in [5.41, 5.74) is 5.76. The van der Waals surface area contributed by atoms with E-state index in [0.29, 0.717) is 33.6 Å². The number of nitrogens with one attached hydrogen (secondary N) is 1. The molecular weight excluding hydrogens is 291 g/mol. The Kier molecular flexibility index (Phi) is 6.39. The van der Waals surface area contributed by atoms with E-state index in [1.807, 2.05) is 0 Å². The fourth-order valence-electron chi connectivity index (χ4n) is 1.39. The van der Waals surface area contributed by atoms with Crippen molar-refractivity contribution in [2.45, 2.75) is 19.3 Å². The summed E-state index contributed by atoms with van der Waals surface area (Å²) in [6.45, 7) is 0.560. The first-order chi connectivity index (χ1) is 8.50. The van der Waals surface area contributed by atoms with E-state index in [2.05, 4.69) is 5.32 Å². The first kappa shape index (κ1) is 15.2. The highest BCUT2D eigenvalue weighted by Gasteiger charge is 2.10. The third-order valence-electron chi connectivity index (χ3n) is 2.31. The van der Waals surface area contributed by atoms with Gasteiger partial charge in [0.15, 0.2) is 0 Å². The summed E-state index contributed by atoms with van der Waals surface area (Å²) in [7, 11) is 0. The van der Waals surface area contributed by atoms with Crippen LogP contribution in [0.3, 0.4) is 0 Å². The van der Waals surface area contributed by atoms with Gasteiger partial charge in [-0.1, -0.05) is 35.4 Å². The number of thiocarbonyl (C=S) groups is 1. The van der Waals surface area contributed by atoms with Crippen molar-refractivity contribution in [1.29, 1.82) is 0 Å². The van der Waals surface area contributed by atoms with E-state index in [1.165, 1.54) is 0 Å². The highest BCUT2D eigenvalue weighted by molar-refractivity contribution is 7.80. The molecule has 0 saturated heterocycles. The normalized spacial score (nSPS) is 10.1. The SMILES string of the molecule is NC(=S)CCCCNC(=O)c1cc(Cl)ccc1Cl. The summed E-state index contributed by atoms with van der Waals surface area (Å²) in [4.78, 5) is 12.3. The molecule has 1 rings (SSSR count). The molecule has 0 heterocycles. The Hall–Kier alpha value is -0.840. The summed E-state index contributed by atoms with van der Waals surface area (Å²) in [5, 5.41) is 3.65. The first-order valence-electron chi connectivity index (χ1n) is 5.52. The van der Waals surface area contributed by atoms with Crippen LogP contribution < -0.4 is 11.1 Å². The molecular formula is C12H14Cl2N2OS. The second-order valence-electron chi connectivity index (χ2n) is 3.80. The minimum Gasteiger partial charge on any atom is -0.393 e. The molecule has 0 aliphatic carbocycles. The standard InChI is InChI=1S/C12H14Cl2N2OS/c13-8-4-5-10(14)9(7-8)12(17)16-6-2-1-3-11(15)18/h4-5,7H,1-3,6H2,(H2,15,18)(H,16,17). The summed E-state index contributed by atoms with van der Waals surface area (Å²) >= 11 is 16.5. The minimum atomic E-state index is -0.224. The van der Waals surface area contributed by atoms with Crippen LogP contribution >= 0.6 is 35.4 Å². The molecule has 0 radical (unpaired) electrons. The lowest BCUT2D eigenvalue weighted by Gasteiger charge is -2.07. The Morgan fingerprint density at radius 2 is 2.06 bits per heavy atom. The first-order valence-corrected chi connectivity index (χ1v) is 6.68. The number of halogens is 2. The van der Waals surface area contributed by atoms with E-state index in [4.69, 9.17) is 41.2 Å². The quantitative estimate of drug-likeness (QED) is 0.627. The van der Waals surface area contributed by atoms with Crippen LogP contribution in [0.5, 0.6) is 0 Å². The van der Waals surface area contributed by atoms with Crippen molar-refractivity contribution in [3.63, 3.8) is 0 Å². The molecule has 3 nitrogen and oxygen atoms in total. The maximum Gasteiger partial charge on any atom is 0.252 e. The summed E-state index contributed by atoms with van der Waals surface area (Å²) < 4.78 is 0. The largest absolute Gasteiger partial charge is 0.393 e. The number of unbranched alkanes of at least 4 members (excludes halogenated alkanes) is 1. The van der Waals surface area contributed by atoms with Crippen LogP contribution in [-0.4, -0.2) is 17.4 Å². The number of rotatable bonds is 6. The van der Waals surface area contributed by atoms with Gasteiger partial charge in [-0.15, -0.1) is 0 Å². The Morgan fingerprint density at radius 1 is 1.33 bits per heavy atom. The van der Waals surface area contributed by atoms with Crippen LogP contribution in [0.25, 0.3) is 0 Å². The number of carbonyl (C=O) groups is 1. The van der Waals surface area contributed by atoms with Crippen molar-refractivity contribution in [3.05, 3.63) is 33.8 Å². The number of nitrogens with two attached hydrogens (primary N) is 1. The minimum absolute atomic E-state index is 0.224. The van der Waals surface area contributed by atoms with Crippen LogP contribution in [0.1, 0.15) is 29.6 Å². The lowest BCUT2D eigenvalue weighted by atomic mass is 10.2. The second-order valence-corrected chi connectivity index (χ2v) is 5.17. The molecule has 0 aliphatic rings.